The minimum atomic E-state index is -0.531. The highest BCUT2D eigenvalue weighted by Crippen LogP contribution is 2.24. The fourth-order valence-electron chi connectivity index (χ4n) is 2.52. The van der Waals surface area contributed by atoms with Crippen LogP contribution >= 0.6 is 0 Å². The van der Waals surface area contributed by atoms with Crippen LogP contribution in [-0.4, -0.2) is 34.4 Å². The summed E-state index contributed by atoms with van der Waals surface area (Å²) >= 11 is 0. The van der Waals surface area contributed by atoms with Gasteiger partial charge >= 0.3 is 0 Å². The van der Waals surface area contributed by atoms with Gasteiger partial charge in [-0.2, -0.15) is 0 Å². The standard InChI is InChI=1S/C14H22N2O2/c1-11(18)14-7-6-12(9-15-14)16-8-4-2-3-5-13(16)10-17/h6-7,9,11,13,17-18H,2-5,8,10H2,1H3/t11-,13?/m0/s1. The molecule has 4 heteroatoms. The van der Waals surface area contributed by atoms with Gasteiger partial charge in [0.2, 0.25) is 0 Å². The maximum Gasteiger partial charge on any atom is 0.0931 e. The van der Waals surface area contributed by atoms with E-state index in [4.69, 9.17) is 0 Å². The van der Waals surface area contributed by atoms with Crippen LogP contribution in [0.3, 0.4) is 0 Å². The zero-order valence-electron chi connectivity index (χ0n) is 10.9. The molecule has 0 radical (unpaired) electrons. The van der Waals surface area contributed by atoms with Crippen LogP contribution < -0.4 is 4.90 Å². The number of hydrogen-bond donors (Lipinski definition) is 2. The maximum atomic E-state index is 9.49. The number of pyridine rings is 1. The molecule has 1 aromatic heterocycles. The lowest BCUT2D eigenvalue weighted by molar-refractivity contribution is 0.194. The highest BCUT2D eigenvalue weighted by atomic mass is 16.3. The molecule has 2 atom stereocenters. The van der Waals surface area contributed by atoms with Gasteiger partial charge in [0.05, 0.1) is 36.3 Å². The van der Waals surface area contributed by atoms with Crippen LogP contribution in [0.15, 0.2) is 18.3 Å². The van der Waals surface area contributed by atoms with E-state index < -0.39 is 6.10 Å². The molecule has 1 fully saturated rings. The maximum absolute atomic E-state index is 9.49. The lowest BCUT2D eigenvalue weighted by Gasteiger charge is -2.30. The first-order valence-electron chi connectivity index (χ1n) is 6.74. The third-order valence-electron chi connectivity index (χ3n) is 3.62. The lowest BCUT2D eigenvalue weighted by atomic mass is 10.1. The Morgan fingerprint density at radius 1 is 1.39 bits per heavy atom. The summed E-state index contributed by atoms with van der Waals surface area (Å²) in [5.74, 6) is 0. The minimum absolute atomic E-state index is 0.193. The fraction of sp³-hybridized carbons (Fsp3) is 0.643. The van der Waals surface area contributed by atoms with E-state index in [1.807, 2.05) is 12.1 Å². The van der Waals surface area contributed by atoms with Crippen molar-refractivity contribution in [1.82, 2.24) is 4.98 Å². The predicted octanol–water partition coefficient (Wildman–Crippen LogP) is 1.88. The molecule has 1 unspecified atom stereocenters. The van der Waals surface area contributed by atoms with Crippen molar-refractivity contribution in [1.29, 1.82) is 0 Å². The summed E-state index contributed by atoms with van der Waals surface area (Å²) in [4.78, 5) is 6.52. The van der Waals surface area contributed by atoms with E-state index in [1.54, 1.807) is 13.1 Å². The molecule has 1 saturated heterocycles. The van der Waals surface area contributed by atoms with Gasteiger partial charge in [-0.3, -0.25) is 4.98 Å². The zero-order valence-corrected chi connectivity index (χ0v) is 10.9. The molecule has 0 spiro atoms. The van der Waals surface area contributed by atoms with E-state index in [2.05, 4.69) is 9.88 Å². The fourth-order valence-corrected chi connectivity index (χ4v) is 2.52. The lowest BCUT2D eigenvalue weighted by Crippen LogP contribution is -2.37. The van der Waals surface area contributed by atoms with Crippen molar-refractivity contribution in [3.05, 3.63) is 24.0 Å². The molecule has 0 bridgehead atoms. The van der Waals surface area contributed by atoms with Crippen LogP contribution in [0.4, 0.5) is 5.69 Å². The number of rotatable bonds is 3. The molecule has 4 nitrogen and oxygen atoms in total. The van der Waals surface area contributed by atoms with Gasteiger partial charge < -0.3 is 15.1 Å². The predicted molar refractivity (Wildman–Crippen MR) is 71.6 cm³/mol. The van der Waals surface area contributed by atoms with Crippen molar-refractivity contribution in [2.24, 2.45) is 0 Å². The second kappa shape index (κ2) is 6.16. The Kier molecular flexibility index (Phi) is 4.55. The quantitative estimate of drug-likeness (QED) is 0.860. The van der Waals surface area contributed by atoms with E-state index in [9.17, 15) is 10.2 Å². The van der Waals surface area contributed by atoms with Crippen molar-refractivity contribution in [3.8, 4) is 0 Å². The monoisotopic (exact) mass is 250 g/mol. The Morgan fingerprint density at radius 3 is 2.83 bits per heavy atom. The zero-order chi connectivity index (χ0) is 13.0. The van der Waals surface area contributed by atoms with Gasteiger partial charge in [-0.1, -0.05) is 12.8 Å². The molecule has 1 aliphatic rings. The summed E-state index contributed by atoms with van der Waals surface area (Å²) in [6.45, 7) is 2.88. The number of aliphatic hydroxyl groups is 2. The Balaban J connectivity index is 2.16. The Morgan fingerprint density at radius 2 is 2.22 bits per heavy atom. The van der Waals surface area contributed by atoms with Crippen LogP contribution in [0.5, 0.6) is 0 Å². The molecule has 18 heavy (non-hydrogen) atoms. The topological polar surface area (TPSA) is 56.6 Å². The van der Waals surface area contributed by atoms with Crippen molar-refractivity contribution >= 4 is 5.69 Å². The Bertz CT molecular complexity index is 365. The van der Waals surface area contributed by atoms with Gasteiger partial charge in [-0.15, -0.1) is 0 Å². The van der Waals surface area contributed by atoms with Crippen LogP contribution in [0.25, 0.3) is 0 Å². The molecule has 2 N–H and O–H groups in total. The second-order valence-electron chi connectivity index (χ2n) is 5.00. The highest BCUT2D eigenvalue weighted by molar-refractivity contribution is 5.46. The summed E-state index contributed by atoms with van der Waals surface area (Å²) in [6.07, 6.45) is 5.88. The third-order valence-corrected chi connectivity index (χ3v) is 3.62. The van der Waals surface area contributed by atoms with Crippen molar-refractivity contribution in [3.63, 3.8) is 0 Å². The number of nitrogens with zero attached hydrogens (tertiary/aromatic N) is 2. The largest absolute Gasteiger partial charge is 0.394 e. The van der Waals surface area contributed by atoms with Crippen LogP contribution in [0.2, 0.25) is 0 Å². The number of anilines is 1. The van der Waals surface area contributed by atoms with Gasteiger partial charge in [0.25, 0.3) is 0 Å². The van der Waals surface area contributed by atoms with E-state index >= 15 is 0 Å². The molecule has 1 aliphatic heterocycles. The molecule has 0 aliphatic carbocycles. The number of aromatic nitrogens is 1. The van der Waals surface area contributed by atoms with Crippen molar-refractivity contribution < 1.29 is 10.2 Å². The summed E-state index contributed by atoms with van der Waals surface area (Å²) in [5, 5.41) is 18.9. The Labute approximate surface area is 108 Å². The highest BCUT2D eigenvalue weighted by Gasteiger charge is 2.20. The molecule has 2 heterocycles. The average molecular weight is 250 g/mol. The van der Waals surface area contributed by atoms with Crippen LogP contribution in [0.1, 0.15) is 44.4 Å². The van der Waals surface area contributed by atoms with Crippen molar-refractivity contribution in [2.75, 3.05) is 18.1 Å². The summed E-state index contributed by atoms with van der Waals surface area (Å²) in [5.41, 5.74) is 1.73. The smallest absolute Gasteiger partial charge is 0.0931 e. The molecular formula is C14H22N2O2. The van der Waals surface area contributed by atoms with Gasteiger partial charge in [0.1, 0.15) is 0 Å². The third kappa shape index (κ3) is 3.00. The molecule has 2 rings (SSSR count). The van der Waals surface area contributed by atoms with Crippen LogP contribution in [-0.2, 0) is 0 Å². The number of aliphatic hydroxyl groups excluding tert-OH is 2. The SMILES string of the molecule is C[C@H](O)c1ccc(N2CCCCCC2CO)cn1. The Hall–Kier alpha value is -1.13. The normalized spacial score (nSPS) is 22.6. The molecule has 100 valence electrons. The molecule has 0 saturated carbocycles. The molecule has 1 aromatic rings. The summed E-state index contributed by atoms with van der Waals surface area (Å²) in [7, 11) is 0. The first kappa shape index (κ1) is 13.3. The minimum Gasteiger partial charge on any atom is -0.394 e. The van der Waals surface area contributed by atoms with Gasteiger partial charge in [-0.25, -0.2) is 0 Å². The summed E-state index contributed by atoms with van der Waals surface area (Å²) < 4.78 is 0. The second-order valence-corrected chi connectivity index (χ2v) is 5.00. The first-order valence-corrected chi connectivity index (χ1v) is 6.74. The van der Waals surface area contributed by atoms with E-state index in [1.165, 1.54) is 12.8 Å². The van der Waals surface area contributed by atoms with Gasteiger partial charge in [-0.05, 0) is 31.9 Å². The molecule has 0 aromatic carbocycles. The first-order chi connectivity index (χ1) is 8.72. The average Bonchev–Trinajstić information content (AvgIpc) is 2.63. The van der Waals surface area contributed by atoms with Gasteiger partial charge in [0.15, 0.2) is 0 Å². The van der Waals surface area contributed by atoms with E-state index in [-0.39, 0.29) is 12.6 Å². The van der Waals surface area contributed by atoms with Gasteiger partial charge in [0, 0.05) is 6.54 Å². The van der Waals surface area contributed by atoms with E-state index in [0.717, 1.165) is 25.1 Å². The molecular weight excluding hydrogens is 228 g/mol. The number of hydrogen-bond acceptors (Lipinski definition) is 4. The molecule has 0 amide bonds. The van der Waals surface area contributed by atoms with Crippen LogP contribution in [0, 0.1) is 0 Å². The summed E-state index contributed by atoms with van der Waals surface area (Å²) in [6, 6.07) is 4.05. The van der Waals surface area contributed by atoms with Crippen molar-refractivity contribution in [2.45, 2.75) is 44.8 Å². The van der Waals surface area contributed by atoms with E-state index in [0.29, 0.717) is 5.69 Å².